The normalized spacial score (nSPS) is 16.7. The van der Waals surface area contributed by atoms with E-state index in [4.69, 9.17) is 28.1 Å². The highest BCUT2D eigenvalue weighted by Crippen LogP contribution is 2.41. The van der Waals surface area contributed by atoms with Gasteiger partial charge in [-0.3, -0.25) is 19.2 Å². The van der Waals surface area contributed by atoms with Crippen LogP contribution in [0.3, 0.4) is 0 Å². The van der Waals surface area contributed by atoms with Crippen LogP contribution in [0.15, 0.2) is 54.6 Å². The number of esters is 1. The summed E-state index contributed by atoms with van der Waals surface area (Å²) in [6, 6.07) is 10.3. The molecule has 0 spiro atoms. The maximum atomic E-state index is 15.2. The lowest BCUT2D eigenvalue weighted by Gasteiger charge is -2.37. The molecule has 19 nitrogen and oxygen atoms in total. The number of rotatable bonds is 17. The first-order valence-electron chi connectivity index (χ1n) is 25.2. The number of carbonyl (C=O) groups excluding carboxylic acids is 7. The Labute approximate surface area is 443 Å². The Hall–Kier alpha value is -6.67. The monoisotopic (exact) mass is 1060 g/mol. The van der Waals surface area contributed by atoms with Gasteiger partial charge in [0.25, 0.3) is 5.91 Å². The maximum absolute atomic E-state index is 15.2. The van der Waals surface area contributed by atoms with Crippen molar-refractivity contribution in [3.8, 4) is 22.6 Å². The molecule has 0 saturated carbocycles. The number of nitrogens with one attached hydrogen (secondary N) is 5. The SMILES string of the molecule is COC(=O)[C@@H]1Cc2ccc(OCCNC(=O)OC(C)(C)C)c(c2)-c2cc(ccc2OCCNC(=O)OC(C)(C)C)[C@H](N(C)C(=O)[C@H](CCO[Si](C)(C)C(C)(C)C)NC(=O)c2ccc(C)cc2C)C(=O)N[C@@H](C)C(=O)N1. The molecular weight excluding hydrogens is 981 g/mol. The van der Waals surface area contributed by atoms with Gasteiger partial charge in [-0.1, -0.05) is 50.6 Å². The van der Waals surface area contributed by atoms with Crippen LogP contribution in [0.5, 0.6) is 11.5 Å². The number of amides is 6. The molecule has 1 aliphatic heterocycles. The van der Waals surface area contributed by atoms with E-state index in [1.54, 1.807) is 84.0 Å². The molecule has 6 amide bonds. The lowest BCUT2D eigenvalue weighted by Crippen LogP contribution is -2.55. The van der Waals surface area contributed by atoms with Gasteiger partial charge in [-0.15, -0.1) is 0 Å². The van der Waals surface area contributed by atoms with Crippen molar-refractivity contribution in [2.45, 2.75) is 149 Å². The summed E-state index contributed by atoms with van der Waals surface area (Å²) in [6.45, 7) is 26.2. The van der Waals surface area contributed by atoms with Crippen molar-refractivity contribution < 1.29 is 61.7 Å². The number of benzene rings is 3. The summed E-state index contributed by atoms with van der Waals surface area (Å²) in [7, 11) is 0.302. The van der Waals surface area contributed by atoms with E-state index in [0.29, 0.717) is 33.6 Å². The topological polar surface area (TPSA) is 238 Å². The molecule has 412 valence electrons. The molecule has 0 aromatic heterocycles. The standard InChI is InChI=1S/C55H80N6O13Si/c1-33-17-20-38(34(2)29-33)47(63)59-41(23-26-72-75(15,16)55(10,11)12)49(65)61(13)45-37-19-22-44(71-28-25-57-52(68)74-54(7,8)9)40(32-37)39-30-36(18-21-43(39)70-27-24-56-51(67)73-53(4,5)6)31-42(50(66)69-14)60-46(62)35(3)58-48(45)64/h17-22,29-30,32,35,41-42,45H,23-28,31H2,1-16H3,(H,56,67)(H,57,68)(H,58,64)(H,59,63)(H,60,62)/t35-,41-,42-,45-/m0/s1. The number of carbonyl (C=O) groups is 7. The van der Waals surface area contributed by atoms with Crippen LogP contribution in [0.25, 0.3) is 11.1 Å². The molecule has 0 saturated heterocycles. The van der Waals surface area contributed by atoms with Crippen LogP contribution in [-0.4, -0.2) is 131 Å². The second kappa shape index (κ2) is 25.7. The Morgan fingerprint density at radius 3 is 1.84 bits per heavy atom. The van der Waals surface area contributed by atoms with Crippen molar-refractivity contribution in [2.24, 2.45) is 0 Å². The molecule has 0 fully saturated rings. The van der Waals surface area contributed by atoms with Crippen molar-refractivity contribution in [1.29, 1.82) is 0 Å². The van der Waals surface area contributed by atoms with Gasteiger partial charge in [0.15, 0.2) is 8.32 Å². The zero-order valence-corrected chi connectivity index (χ0v) is 47.7. The predicted molar refractivity (Wildman–Crippen MR) is 287 cm³/mol. The predicted octanol–water partition coefficient (Wildman–Crippen LogP) is 7.21. The van der Waals surface area contributed by atoms with Gasteiger partial charge in [0.1, 0.15) is 60.1 Å². The Balaban J connectivity index is 1.92. The molecule has 20 heteroatoms. The van der Waals surface area contributed by atoms with Gasteiger partial charge in [0.2, 0.25) is 17.7 Å². The summed E-state index contributed by atoms with van der Waals surface area (Å²) in [6.07, 6.45) is -1.28. The molecule has 0 radical (unpaired) electrons. The fourth-order valence-electron chi connectivity index (χ4n) is 7.71. The summed E-state index contributed by atoms with van der Waals surface area (Å²) < 4.78 is 35.1. The zero-order chi connectivity index (χ0) is 56.2. The van der Waals surface area contributed by atoms with E-state index >= 15 is 4.79 Å². The molecule has 3 aromatic carbocycles. The summed E-state index contributed by atoms with van der Waals surface area (Å²) >= 11 is 0. The number of alkyl carbamates (subject to hydrolysis) is 2. The van der Waals surface area contributed by atoms with E-state index in [0.717, 1.165) is 5.56 Å². The van der Waals surface area contributed by atoms with Crippen molar-refractivity contribution in [2.75, 3.05) is 47.1 Å². The highest BCUT2D eigenvalue weighted by atomic mass is 28.4. The van der Waals surface area contributed by atoms with Crippen LogP contribution in [0, 0.1) is 13.8 Å². The van der Waals surface area contributed by atoms with Crippen LogP contribution in [-0.2, 0) is 44.2 Å². The van der Waals surface area contributed by atoms with E-state index in [1.807, 2.05) is 26.0 Å². The Kier molecular flexibility index (Phi) is 20.9. The van der Waals surface area contributed by atoms with Gasteiger partial charge in [-0.05, 0) is 134 Å². The number of hydrogen-bond donors (Lipinski definition) is 5. The van der Waals surface area contributed by atoms with Crippen LogP contribution in [0.4, 0.5) is 9.59 Å². The van der Waals surface area contributed by atoms with Crippen molar-refractivity contribution in [3.05, 3.63) is 82.4 Å². The van der Waals surface area contributed by atoms with Crippen LogP contribution < -0.4 is 36.1 Å². The van der Waals surface area contributed by atoms with Crippen LogP contribution in [0.2, 0.25) is 18.1 Å². The number of methoxy groups -OCH3 is 1. The minimum atomic E-state index is -2.33. The van der Waals surface area contributed by atoms with E-state index in [2.05, 4.69) is 60.4 Å². The average Bonchev–Trinajstić information content (AvgIpc) is 3.29. The summed E-state index contributed by atoms with van der Waals surface area (Å²) in [5, 5.41) is 13.6. The summed E-state index contributed by atoms with van der Waals surface area (Å²) in [5.74, 6) is -2.78. The van der Waals surface area contributed by atoms with Gasteiger partial charge >= 0.3 is 18.2 Å². The Morgan fingerprint density at radius 1 is 0.747 bits per heavy atom. The van der Waals surface area contributed by atoms with Gasteiger partial charge in [0, 0.05) is 36.8 Å². The van der Waals surface area contributed by atoms with Gasteiger partial charge in [-0.25, -0.2) is 14.4 Å². The largest absolute Gasteiger partial charge is 0.491 e. The first-order chi connectivity index (χ1) is 34.8. The molecule has 1 aliphatic rings. The van der Waals surface area contributed by atoms with Crippen molar-refractivity contribution in [3.63, 3.8) is 0 Å². The molecule has 75 heavy (non-hydrogen) atoms. The Bertz CT molecular complexity index is 2550. The molecule has 4 atom stereocenters. The molecule has 4 rings (SSSR count). The van der Waals surface area contributed by atoms with Crippen LogP contribution in [0.1, 0.15) is 114 Å². The first kappa shape index (κ1) is 60.9. The molecule has 4 bridgehead atoms. The quantitative estimate of drug-likeness (QED) is 0.0390. The smallest absolute Gasteiger partial charge is 0.407 e. The number of ether oxygens (including phenoxy) is 5. The maximum Gasteiger partial charge on any atom is 0.407 e. The molecular formula is C55H80N6O13Si. The third kappa shape index (κ3) is 18.0. The second-order valence-electron chi connectivity index (χ2n) is 22.3. The number of likely N-dealkylation sites (N-methyl/N-ethyl adjacent to an activating group) is 1. The summed E-state index contributed by atoms with van der Waals surface area (Å²) in [4.78, 5) is 97.8. The van der Waals surface area contributed by atoms with E-state index in [9.17, 15) is 28.8 Å². The number of aryl methyl sites for hydroxylation is 2. The fourth-order valence-corrected chi connectivity index (χ4v) is 8.77. The van der Waals surface area contributed by atoms with Crippen molar-refractivity contribution in [1.82, 2.24) is 31.5 Å². The lowest BCUT2D eigenvalue weighted by molar-refractivity contribution is -0.145. The molecule has 0 aliphatic carbocycles. The fraction of sp³-hybridized carbons (Fsp3) is 0.545. The molecule has 3 aromatic rings. The summed E-state index contributed by atoms with van der Waals surface area (Å²) in [5.41, 5.74) is 2.15. The highest BCUT2D eigenvalue weighted by Gasteiger charge is 2.39. The molecule has 1 heterocycles. The van der Waals surface area contributed by atoms with Gasteiger partial charge in [0.05, 0.1) is 20.2 Å². The molecule has 5 N–H and O–H groups in total. The van der Waals surface area contributed by atoms with Crippen LogP contribution >= 0.6 is 0 Å². The lowest BCUT2D eigenvalue weighted by atomic mass is 9.93. The third-order valence-electron chi connectivity index (χ3n) is 12.6. The second-order valence-corrected chi connectivity index (χ2v) is 27.1. The first-order valence-corrected chi connectivity index (χ1v) is 28.2. The van der Waals surface area contributed by atoms with E-state index in [1.165, 1.54) is 26.0 Å². The van der Waals surface area contributed by atoms with E-state index < -0.39 is 85.5 Å². The minimum Gasteiger partial charge on any atom is -0.491 e. The third-order valence-corrected chi connectivity index (χ3v) is 17.1. The van der Waals surface area contributed by atoms with E-state index in [-0.39, 0.29) is 62.1 Å². The highest BCUT2D eigenvalue weighted by molar-refractivity contribution is 6.74. The van der Waals surface area contributed by atoms with Crippen molar-refractivity contribution >= 4 is 50.1 Å². The van der Waals surface area contributed by atoms with Gasteiger partial charge in [-0.2, -0.15) is 0 Å². The minimum absolute atomic E-state index is 0.0311. The average molecular weight is 1060 g/mol. The zero-order valence-electron chi connectivity index (χ0n) is 46.7. The number of hydrogen-bond acceptors (Lipinski definition) is 13. The Morgan fingerprint density at radius 2 is 1.31 bits per heavy atom. The number of fused-ring (bicyclic) bond motifs is 5. The molecule has 0 unspecified atom stereocenters. The number of nitrogens with zero attached hydrogens (tertiary/aromatic N) is 1. The van der Waals surface area contributed by atoms with Gasteiger partial charge < -0.3 is 59.6 Å².